The summed E-state index contributed by atoms with van der Waals surface area (Å²) in [5.74, 6) is -4.29. The number of anilines is 1. The number of carbonyl (C=O) groups excluding carboxylic acids is 3. The second-order valence-corrected chi connectivity index (χ2v) is 13.3. The Bertz CT molecular complexity index is 1830. The zero-order valence-electron chi connectivity index (χ0n) is 21.4. The van der Waals surface area contributed by atoms with E-state index >= 15 is 0 Å². The van der Waals surface area contributed by atoms with Crippen LogP contribution in [0.1, 0.15) is 42.7 Å². The van der Waals surface area contributed by atoms with Gasteiger partial charge in [-0.2, -0.15) is 25.3 Å². The fourth-order valence-corrected chi connectivity index (χ4v) is 7.44. The Morgan fingerprint density at radius 3 is 2.02 bits per heavy atom. The maximum absolute atomic E-state index is 12.7. The van der Waals surface area contributed by atoms with E-state index in [1.54, 1.807) is 0 Å². The predicted octanol–water partition coefficient (Wildman–Crippen LogP) is -6.60. The molecule has 2 atom stereocenters. The van der Waals surface area contributed by atoms with Gasteiger partial charge in [0.2, 0.25) is 6.10 Å². The Morgan fingerprint density at radius 2 is 1.54 bits per heavy atom. The molecule has 2 unspecified atom stereocenters. The van der Waals surface area contributed by atoms with Crippen LogP contribution in [0, 0.1) is 0 Å². The number of ether oxygens (including phenoxy) is 1. The predicted molar refractivity (Wildman–Crippen MR) is 127 cm³/mol. The minimum atomic E-state index is -5.42. The molecule has 2 aliphatic rings. The third-order valence-corrected chi connectivity index (χ3v) is 9.63. The Hall–Kier alpha value is -1.23. The summed E-state index contributed by atoms with van der Waals surface area (Å²) in [6.45, 7) is 0. The largest absolute Gasteiger partial charge is 1.00 e. The molecule has 2 aliphatic carbocycles. The fourth-order valence-electron chi connectivity index (χ4n) is 4.92. The van der Waals surface area contributed by atoms with Crippen molar-refractivity contribution in [3.8, 4) is 0 Å². The van der Waals surface area contributed by atoms with Crippen molar-refractivity contribution in [2.45, 2.75) is 59.2 Å². The van der Waals surface area contributed by atoms with E-state index in [0.717, 1.165) is 0 Å². The Labute approximate surface area is 276 Å². The van der Waals surface area contributed by atoms with Crippen LogP contribution in [-0.2, 0) is 55.9 Å². The summed E-state index contributed by atoms with van der Waals surface area (Å²) in [4.78, 5) is 46.2. The summed E-state index contributed by atoms with van der Waals surface area (Å²) in [6.07, 6.45) is -3.78. The minimum absolute atomic E-state index is 0. The van der Waals surface area contributed by atoms with Gasteiger partial charge in [-0.1, -0.05) is 0 Å². The molecule has 1 aromatic heterocycles. The molecule has 212 valence electrons. The monoisotopic (exact) mass is 655 g/mol. The molecule has 0 amide bonds. The van der Waals surface area contributed by atoms with Gasteiger partial charge in [0.05, 0.1) is 12.1 Å². The molecule has 1 heterocycles. The summed E-state index contributed by atoms with van der Waals surface area (Å²) < 4.78 is 112. The summed E-state index contributed by atoms with van der Waals surface area (Å²) in [6, 6.07) is 0.587. The molecule has 0 spiro atoms. The van der Waals surface area contributed by atoms with E-state index in [9.17, 15) is 58.1 Å². The topological polar surface area (TPSA) is 280 Å². The van der Waals surface area contributed by atoms with E-state index in [1.165, 1.54) is 0 Å². The SMILES string of the molecule is Nc1c(S(=O)(=O)O)cc2c3c(c(=O)oc2c1S(=O)(=O)O)CCC3C(CC(=O)OC1C(=O)CCC1=O)S(=O)(=O)O.[Na+].[Na+]. The average Bonchev–Trinajstić information content (AvgIpc) is 3.34. The number of benzene rings is 1. The molecule has 1 fully saturated rings. The molecule has 1 saturated carbocycles. The van der Waals surface area contributed by atoms with Gasteiger partial charge in [0.1, 0.15) is 10.1 Å². The number of Topliss-reactive ketones (excluding diaryl/α,β-unsaturated/α-hetero) is 2. The number of hydrogen-bond acceptors (Lipinski definition) is 13. The Balaban J connectivity index is 0.00000294. The van der Waals surface area contributed by atoms with Gasteiger partial charge < -0.3 is 14.9 Å². The van der Waals surface area contributed by atoms with Gasteiger partial charge in [-0.15, -0.1) is 0 Å². The molecule has 5 N–H and O–H groups in total. The molecule has 21 heteroatoms. The Morgan fingerprint density at radius 1 is 0.976 bits per heavy atom. The molecular formula is C20H19NNa2O15S3+2. The van der Waals surface area contributed by atoms with Crippen molar-refractivity contribution in [1.29, 1.82) is 0 Å². The van der Waals surface area contributed by atoms with Gasteiger partial charge in [-0.05, 0) is 24.5 Å². The molecule has 0 aliphatic heterocycles. The molecular weight excluding hydrogens is 636 g/mol. The van der Waals surface area contributed by atoms with Crippen LogP contribution in [0.5, 0.6) is 0 Å². The first-order chi connectivity index (χ1) is 17.8. The van der Waals surface area contributed by atoms with Crippen LogP contribution in [0.25, 0.3) is 11.0 Å². The van der Waals surface area contributed by atoms with E-state index in [0.29, 0.717) is 6.07 Å². The van der Waals surface area contributed by atoms with E-state index in [1.807, 2.05) is 0 Å². The summed E-state index contributed by atoms with van der Waals surface area (Å²) in [5.41, 5.74) is 1.52. The van der Waals surface area contributed by atoms with E-state index in [2.05, 4.69) is 0 Å². The van der Waals surface area contributed by atoms with E-state index < -0.39 is 104 Å². The molecule has 1 aromatic carbocycles. The summed E-state index contributed by atoms with van der Waals surface area (Å²) >= 11 is 0. The van der Waals surface area contributed by atoms with Crippen LogP contribution in [0.15, 0.2) is 25.1 Å². The average molecular weight is 656 g/mol. The molecule has 0 radical (unpaired) electrons. The minimum Gasteiger partial charge on any atom is -0.446 e. The smallest absolute Gasteiger partial charge is 0.446 e. The van der Waals surface area contributed by atoms with Crippen LogP contribution < -0.4 is 70.5 Å². The molecule has 4 rings (SSSR count). The van der Waals surface area contributed by atoms with E-state index in [-0.39, 0.29) is 95.9 Å². The molecule has 16 nitrogen and oxygen atoms in total. The van der Waals surface area contributed by atoms with Crippen LogP contribution in [0.3, 0.4) is 0 Å². The summed E-state index contributed by atoms with van der Waals surface area (Å²) in [7, 11) is -15.9. The molecule has 0 saturated heterocycles. The second kappa shape index (κ2) is 12.4. The van der Waals surface area contributed by atoms with Crippen LogP contribution >= 0.6 is 0 Å². The van der Waals surface area contributed by atoms with Gasteiger partial charge >= 0.3 is 70.7 Å². The molecule has 41 heavy (non-hydrogen) atoms. The number of ketones is 2. The molecule has 0 bridgehead atoms. The quantitative estimate of drug-likeness (QED) is 0.0539. The van der Waals surface area contributed by atoms with Crippen molar-refractivity contribution in [3.63, 3.8) is 0 Å². The van der Waals surface area contributed by atoms with Gasteiger partial charge in [0.15, 0.2) is 22.0 Å². The first-order valence-electron chi connectivity index (χ1n) is 10.9. The van der Waals surface area contributed by atoms with Gasteiger partial charge in [-0.25, -0.2) is 4.79 Å². The third kappa shape index (κ3) is 6.96. The number of rotatable bonds is 7. The van der Waals surface area contributed by atoms with Crippen LogP contribution in [0.4, 0.5) is 5.69 Å². The van der Waals surface area contributed by atoms with Gasteiger partial charge in [-0.3, -0.25) is 28.0 Å². The number of fused-ring (bicyclic) bond motifs is 3. The van der Waals surface area contributed by atoms with E-state index in [4.69, 9.17) is 14.9 Å². The normalized spacial score (nSPS) is 18.5. The zero-order chi connectivity index (χ0) is 29.2. The number of nitrogen functional groups attached to an aromatic ring is 1. The van der Waals surface area contributed by atoms with Crippen molar-refractivity contribution < 1.29 is 122 Å². The van der Waals surface area contributed by atoms with Crippen molar-refractivity contribution in [2.24, 2.45) is 0 Å². The van der Waals surface area contributed by atoms with Gasteiger partial charge in [0.25, 0.3) is 30.4 Å². The summed E-state index contributed by atoms with van der Waals surface area (Å²) in [5, 5.41) is -2.67. The fraction of sp³-hybridized carbons (Fsp3) is 0.400. The number of esters is 1. The van der Waals surface area contributed by atoms with Crippen molar-refractivity contribution in [3.05, 3.63) is 27.6 Å². The maximum Gasteiger partial charge on any atom is 1.00 e. The third-order valence-electron chi connectivity index (χ3n) is 6.56. The van der Waals surface area contributed by atoms with Crippen molar-refractivity contribution in [2.75, 3.05) is 5.73 Å². The number of carbonyl (C=O) groups is 3. The Kier molecular flexibility index (Phi) is 10.9. The van der Waals surface area contributed by atoms with Crippen molar-refractivity contribution in [1.82, 2.24) is 0 Å². The zero-order valence-corrected chi connectivity index (χ0v) is 27.8. The maximum atomic E-state index is 12.7. The van der Waals surface area contributed by atoms with Crippen LogP contribution in [-0.4, -0.2) is 67.8 Å². The number of nitrogens with two attached hydrogens (primary N) is 1. The number of hydrogen-bond donors (Lipinski definition) is 4. The first kappa shape index (κ1) is 36.0. The van der Waals surface area contributed by atoms with Gasteiger partial charge in [0, 0.05) is 29.7 Å². The molecule has 2 aromatic rings. The standard InChI is InChI=1S/C20H19NO15S3.2Na/c21-16-13(38(29,30)31)5-9-15-7(1-2-8(15)20(25)36-17(9)19(16)39(32,33)34)12(37(26,27)28)6-14(24)35-18-10(22)3-4-11(18)23;;/h5,7,12,18H,1-4,6,21H2,(H,26,27,28)(H,29,30,31)(H,32,33,34);;/q;2*+1. The van der Waals surface area contributed by atoms with Crippen molar-refractivity contribution >= 4 is 64.5 Å². The second-order valence-electron chi connectivity index (χ2n) is 8.93. The first-order valence-corrected chi connectivity index (χ1v) is 15.3. The van der Waals surface area contributed by atoms with Crippen LogP contribution in [0.2, 0.25) is 0 Å².